The van der Waals surface area contributed by atoms with Gasteiger partial charge in [-0.2, -0.15) is 0 Å². The van der Waals surface area contributed by atoms with Crippen molar-refractivity contribution in [3.8, 4) is 5.75 Å². The van der Waals surface area contributed by atoms with E-state index in [1.807, 2.05) is 0 Å². The fraction of sp³-hybridized carbons (Fsp3) is 0.588. The molecule has 4 heteroatoms. The van der Waals surface area contributed by atoms with E-state index in [2.05, 4.69) is 18.7 Å². The van der Waals surface area contributed by atoms with E-state index in [9.17, 15) is 4.79 Å². The van der Waals surface area contributed by atoms with E-state index in [1.165, 1.54) is 6.42 Å². The van der Waals surface area contributed by atoms with Crippen molar-refractivity contribution in [3.05, 3.63) is 29.8 Å². The van der Waals surface area contributed by atoms with Crippen molar-refractivity contribution in [3.63, 3.8) is 0 Å². The third kappa shape index (κ3) is 4.74. The first-order chi connectivity index (χ1) is 10.1. The number of rotatable bonds is 6. The Bertz CT molecular complexity index is 465. The fourth-order valence-electron chi connectivity index (χ4n) is 3.21. The molecule has 1 aliphatic rings. The predicted molar refractivity (Wildman–Crippen MR) is 82.9 cm³/mol. The van der Waals surface area contributed by atoms with E-state index in [1.54, 1.807) is 24.3 Å². The number of ether oxygens (including phenoxy) is 1. The van der Waals surface area contributed by atoms with Crippen LogP contribution in [0.1, 0.15) is 37.0 Å². The second-order valence-electron chi connectivity index (χ2n) is 6.21. The van der Waals surface area contributed by atoms with Gasteiger partial charge in [-0.1, -0.05) is 26.0 Å². The summed E-state index contributed by atoms with van der Waals surface area (Å²) in [5, 5.41) is 9.10. The first-order valence-electron chi connectivity index (χ1n) is 7.73. The quantitative estimate of drug-likeness (QED) is 0.818. The Morgan fingerprint density at radius 2 is 1.95 bits per heavy atom. The van der Waals surface area contributed by atoms with Gasteiger partial charge >= 0.3 is 5.97 Å². The van der Waals surface area contributed by atoms with Crippen molar-refractivity contribution in [1.82, 2.24) is 4.90 Å². The molecule has 1 fully saturated rings. The Hall–Kier alpha value is -1.55. The summed E-state index contributed by atoms with van der Waals surface area (Å²) >= 11 is 0. The number of carbonyl (C=O) groups is 1. The van der Waals surface area contributed by atoms with E-state index in [4.69, 9.17) is 9.84 Å². The zero-order valence-electron chi connectivity index (χ0n) is 12.9. The highest BCUT2D eigenvalue weighted by Crippen LogP contribution is 2.21. The molecule has 2 rings (SSSR count). The molecule has 116 valence electrons. The van der Waals surface area contributed by atoms with Crippen LogP contribution in [0.4, 0.5) is 0 Å². The maximum atomic E-state index is 11.1. The van der Waals surface area contributed by atoms with Crippen LogP contribution in [0.25, 0.3) is 0 Å². The zero-order chi connectivity index (χ0) is 15.2. The van der Waals surface area contributed by atoms with Gasteiger partial charge in [-0.25, -0.2) is 4.79 Å². The molecule has 1 aromatic rings. The lowest BCUT2D eigenvalue weighted by molar-refractivity contribution is 0.0691. The molecule has 0 aliphatic carbocycles. The van der Waals surface area contributed by atoms with Gasteiger partial charge in [-0.3, -0.25) is 0 Å². The van der Waals surface area contributed by atoms with Crippen LogP contribution in [-0.4, -0.2) is 42.2 Å². The van der Waals surface area contributed by atoms with E-state index in [-0.39, 0.29) is 5.56 Å². The number of hydrogen-bond donors (Lipinski definition) is 1. The van der Waals surface area contributed by atoms with Gasteiger partial charge in [0, 0.05) is 19.6 Å². The van der Waals surface area contributed by atoms with Crippen molar-refractivity contribution < 1.29 is 14.6 Å². The smallest absolute Gasteiger partial charge is 0.339 e. The summed E-state index contributed by atoms with van der Waals surface area (Å²) in [6.07, 6.45) is 2.24. The van der Waals surface area contributed by atoms with Crippen molar-refractivity contribution in [2.24, 2.45) is 11.8 Å². The van der Waals surface area contributed by atoms with Crippen molar-refractivity contribution in [2.45, 2.75) is 26.7 Å². The molecule has 1 saturated heterocycles. The van der Waals surface area contributed by atoms with Crippen LogP contribution in [0.5, 0.6) is 5.75 Å². The van der Waals surface area contributed by atoms with Gasteiger partial charge < -0.3 is 14.7 Å². The molecule has 0 aromatic heterocycles. The molecule has 2 atom stereocenters. The number of para-hydroxylation sites is 1. The number of aromatic carboxylic acids is 1. The van der Waals surface area contributed by atoms with Crippen LogP contribution >= 0.6 is 0 Å². The van der Waals surface area contributed by atoms with Crippen molar-refractivity contribution >= 4 is 5.97 Å². The first kappa shape index (κ1) is 15.8. The molecule has 0 spiro atoms. The summed E-state index contributed by atoms with van der Waals surface area (Å²) in [4.78, 5) is 13.6. The minimum absolute atomic E-state index is 0.234. The van der Waals surface area contributed by atoms with E-state index in [0.29, 0.717) is 12.4 Å². The second kappa shape index (κ2) is 7.46. The minimum atomic E-state index is -0.940. The SMILES string of the molecule is CC1CC(C)CN(CCCOc2ccccc2C(=O)O)C1. The van der Waals surface area contributed by atoms with Gasteiger partial charge in [-0.05, 0) is 36.8 Å². The molecular formula is C17H25NO3. The monoisotopic (exact) mass is 291 g/mol. The van der Waals surface area contributed by atoms with Gasteiger partial charge in [0.15, 0.2) is 0 Å². The Balaban J connectivity index is 1.76. The molecule has 1 aliphatic heterocycles. The number of piperidine rings is 1. The maximum absolute atomic E-state index is 11.1. The Morgan fingerprint density at radius 3 is 2.62 bits per heavy atom. The Labute approximate surface area is 126 Å². The summed E-state index contributed by atoms with van der Waals surface area (Å²) in [7, 11) is 0. The van der Waals surface area contributed by atoms with Crippen LogP contribution in [0.2, 0.25) is 0 Å². The molecule has 21 heavy (non-hydrogen) atoms. The molecule has 0 bridgehead atoms. The third-order valence-corrected chi connectivity index (χ3v) is 3.94. The lowest BCUT2D eigenvalue weighted by Crippen LogP contribution is -2.39. The molecule has 1 aromatic carbocycles. The standard InChI is InChI=1S/C17H25NO3/c1-13-10-14(2)12-18(11-13)8-5-9-21-16-7-4-3-6-15(16)17(19)20/h3-4,6-7,13-14H,5,8-12H2,1-2H3,(H,19,20). The number of hydrogen-bond acceptors (Lipinski definition) is 3. The van der Waals surface area contributed by atoms with Crippen molar-refractivity contribution in [2.75, 3.05) is 26.2 Å². The van der Waals surface area contributed by atoms with Crippen LogP contribution < -0.4 is 4.74 Å². The topological polar surface area (TPSA) is 49.8 Å². The predicted octanol–water partition coefficient (Wildman–Crippen LogP) is 3.13. The second-order valence-corrected chi connectivity index (χ2v) is 6.21. The lowest BCUT2D eigenvalue weighted by Gasteiger charge is -2.34. The number of carboxylic acids is 1. The van der Waals surface area contributed by atoms with Crippen LogP contribution in [0.3, 0.4) is 0 Å². The average Bonchev–Trinajstić information content (AvgIpc) is 2.43. The summed E-state index contributed by atoms with van der Waals surface area (Å²) < 4.78 is 5.64. The average molecular weight is 291 g/mol. The zero-order valence-corrected chi connectivity index (χ0v) is 12.9. The molecule has 1 heterocycles. The van der Waals surface area contributed by atoms with Crippen LogP contribution in [0, 0.1) is 11.8 Å². The lowest BCUT2D eigenvalue weighted by atomic mass is 9.92. The first-order valence-corrected chi connectivity index (χ1v) is 7.73. The third-order valence-electron chi connectivity index (χ3n) is 3.94. The van der Waals surface area contributed by atoms with Gasteiger partial charge in [-0.15, -0.1) is 0 Å². The Kier molecular flexibility index (Phi) is 5.62. The van der Waals surface area contributed by atoms with Crippen molar-refractivity contribution in [1.29, 1.82) is 0 Å². The van der Waals surface area contributed by atoms with Gasteiger partial charge in [0.25, 0.3) is 0 Å². The highest BCUT2D eigenvalue weighted by atomic mass is 16.5. The molecular weight excluding hydrogens is 266 g/mol. The minimum Gasteiger partial charge on any atom is -0.493 e. The summed E-state index contributed by atoms with van der Waals surface area (Å²) in [5.41, 5.74) is 0.234. The number of nitrogens with zero attached hydrogens (tertiary/aromatic N) is 1. The van der Waals surface area contributed by atoms with Crippen LogP contribution in [-0.2, 0) is 0 Å². The van der Waals surface area contributed by atoms with E-state index in [0.717, 1.165) is 37.9 Å². The molecule has 0 amide bonds. The normalized spacial score (nSPS) is 23.0. The highest BCUT2D eigenvalue weighted by Gasteiger charge is 2.21. The molecule has 2 unspecified atom stereocenters. The highest BCUT2D eigenvalue weighted by molar-refractivity contribution is 5.90. The molecule has 0 radical (unpaired) electrons. The summed E-state index contributed by atoms with van der Waals surface area (Å²) in [6.45, 7) is 8.52. The van der Waals surface area contributed by atoms with Gasteiger partial charge in [0.05, 0.1) is 6.61 Å². The molecule has 4 nitrogen and oxygen atoms in total. The summed E-state index contributed by atoms with van der Waals surface area (Å²) in [6, 6.07) is 6.81. The fourth-order valence-corrected chi connectivity index (χ4v) is 3.21. The summed E-state index contributed by atoms with van der Waals surface area (Å²) in [5.74, 6) is 1.06. The van der Waals surface area contributed by atoms with E-state index < -0.39 is 5.97 Å². The maximum Gasteiger partial charge on any atom is 0.339 e. The number of likely N-dealkylation sites (tertiary alicyclic amines) is 1. The van der Waals surface area contributed by atoms with Crippen LogP contribution in [0.15, 0.2) is 24.3 Å². The number of carboxylic acid groups (broad SMARTS) is 1. The van der Waals surface area contributed by atoms with Gasteiger partial charge in [0.2, 0.25) is 0 Å². The number of benzene rings is 1. The molecule has 1 N–H and O–H groups in total. The van der Waals surface area contributed by atoms with E-state index >= 15 is 0 Å². The largest absolute Gasteiger partial charge is 0.493 e. The Morgan fingerprint density at radius 1 is 1.29 bits per heavy atom. The molecule has 0 saturated carbocycles. The van der Waals surface area contributed by atoms with Gasteiger partial charge in [0.1, 0.15) is 11.3 Å².